The van der Waals surface area contributed by atoms with Crippen molar-refractivity contribution in [2.24, 2.45) is 0 Å². The second-order valence-electron chi connectivity index (χ2n) is 5.53. The molecule has 4 nitrogen and oxygen atoms in total. The zero-order valence-corrected chi connectivity index (χ0v) is 13.4. The van der Waals surface area contributed by atoms with Crippen LogP contribution in [0.5, 0.6) is 5.75 Å². The molecule has 0 saturated heterocycles. The molecular weight excluding hydrogens is 290 g/mol. The maximum atomic E-state index is 10.8. The molecule has 0 fully saturated rings. The fourth-order valence-corrected chi connectivity index (χ4v) is 2.21. The highest BCUT2D eigenvalue weighted by molar-refractivity contribution is 5.72. The number of aliphatic carboxylic acids is 1. The quantitative estimate of drug-likeness (QED) is 0.698. The van der Waals surface area contributed by atoms with Crippen LogP contribution in [-0.2, 0) is 17.8 Å². The molecular formula is C19H23NO3. The fraction of sp³-hybridized carbons (Fsp3) is 0.316. The van der Waals surface area contributed by atoms with E-state index >= 15 is 0 Å². The van der Waals surface area contributed by atoms with Crippen molar-refractivity contribution in [2.45, 2.75) is 32.4 Å². The lowest BCUT2D eigenvalue weighted by Crippen LogP contribution is -2.33. The minimum atomic E-state index is -0.849. The topological polar surface area (TPSA) is 58.6 Å². The van der Waals surface area contributed by atoms with E-state index in [0.717, 1.165) is 24.2 Å². The number of ether oxygens (including phenoxy) is 1. The third kappa shape index (κ3) is 6.12. The standard InChI is InChI=1S/C19H23NO3/c1-15(19(21)22)20-14-17-9-5-11-18(13-17)23-12-6-10-16-7-3-2-4-8-16/h2-5,7-9,11,13,15,20H,6,10,12,14H2,1H3,(H,21,22)/t15-/m0/s1. The van der Waals surface area contributed by atoms with Crippen LogP contribution in [0.25, 0.3) is 0 Å². The van der Waals surface area contributed by atoms with Gasteiger partial charge in [0, 0.05) is 6.54 Å². The van der Waals surface area contributed by atoms with Gasteiger partial charge in [-0.1, -0.05) is 42.5 Å². The first-order valence-corrected chi connectivity index (χ1v) is 7.87. The van der Waals surface area contributed by atoms with E-state index < -0.39 is 12.0 Å². The van der Waals surface area contributed by atoms with Crippen molar-refractivity contribution >= 4 is 5.97 Å². The number of hydrogen-bond acceptors (Lipinski definition) is 3. The summed E-state index contributed by atoms with van der Waals surface area (Å²) < 4.78 is 5.78. The number of benzene rings is 2. The molecule has 0 aromatic heterocycles. The first kappa shape index (κ1) is 17.0. The number of rotatable bonds is 9. The SMILES string of the molecule is C[C@H](NCc1cccc(OCCCc2ccccc2)c1)C(=O)O. The van der Waals surface area contributed by atoms with Crippen LogP contribution in [0.15, 0.2) is 54.6 Å². The summed E-state index contributed by atoms with van der Waals surface area (Å²) in [5, 5.41) is 11.8. The first-order valence-electron chi connectivity index (χ1n) is 7.87. The predicted octanol–water partition coefficient (Wildman–Crippen LogP) is 3.26. The van der Waals surface area contributed by atoms with Gasteiger partial charge in [0.1, 0.15) is 11.8 Å². The highest BCUT2D eigenvalue weighted by Gasteiger charge is 2.09. The molecule has 1 atom stereocenters. The second-order valence-corrected chi connectivity index (χ2v) is 5.53. The van der Waals surface area contributed by atoms with Gasteiger partial charge >= 0.3 is 5.97 Å². The highest BCUT2D eigenvalue weighted by atomic mass is 16.5. The Hall–Kier alpha value is -2.33. The minimum Gasteiger partial charge on any atom is -0.494 e. The first-order chi connectivity index (χ1) is 11.1. The molecule has 0 heterocycles. The van der Waals surface area contributed by atoms with Crippen LogP contribution in [0.2, 0.25) is 0 Å². The minimum absolute atomic E-state index is 0.509. The molecule has 0 aliphatic carbocycles. The molecule has 0 bridgehead atoms. The number of nitrogens with one attached hydrogen (secondary N) is 1. The number of hydrogen-bond donors (Lipinski definition) is 2. The van der Waals surface area contributed by atoms with Gasteiger partial charge < -0.3 is 15.2 Å². The summed E-state index contributed by atoms with van der Waals surface area (Å²) in [4.78, 5) is 10.8. The number of carbonyl (C=O) groups is 1. The molecule has 2 aromatic carbocycles. The van der Waals surface area contributed by atoms with E-state index in [9.17, 15) is 4.79 Å². The van der Waals surface area contributed by atoms with Gasteiger partial charge in [-0.25, -0.2) is 0 Å². The van der Waals surface area contributed by atoms with Gasteiger partial charge in [-0.2, -0.15) is 0 Å². The fourth-order valence-electron chi connectivity index (χ4n) is 2.21. The Morgan fingerprint density at radius 1 is 1.13 bits per heavy atom. The van der Waals surface area contributed by atoms with Gasteiger partial charge in [0.2, 0.25) is 0 Å². The van der Waals surface area contributed by atoms with Crippen molar-refractivity contribution < 1.29 is 14.6 Å². The average molecular weight is 313 g/mol. The van der Waals surface area contributed by atoms with Crippen molar-refractivity contribution in [2.75, 3.05) is 6.61 Å². The van der Waals surface area contributed by atoms with E-state index in [1.165, 1.54) is 5.56 Å². The molecule has 2 rings (SSSR count). The normalized spacial score (nSPS) is 11.9. The smallest absolute Gasteiger partial charge is 0.320 e. The van der Waals surface area contributed by atoms with E-state index in [0.29, 0.717) is 13.2 Å². The zero-order chi connectivity index (χ0) is 16.5. The number of carboxylic acid groups (broad SMARTS) is 1. The molecule has 0 aliphatic rings. The third-order valence-electron chi connectivity index (χ3n) is 3.60. The maximum Gasteiger partial charge on any atom is 0.320 e. The highest BCUT2D eigenvalue weighted by Crippen LogP contribution is 2.14. The second kappa shape index (κ2) is 8.96. The van der Waals surface area contributed by atoms with Crippen LogP contribution in [0, 0.1) is 0 Å². The molecule has 0 radical (unpaired) electrons. The van der Waals surface area contributed by atoms with Crippen LogP contribution >= 0.6 is 0 Å². The summed E-state index contributed by atoms with van der Waals surface area (Å²) in [6, 6.07) is 17.5. The summed E-state index contributed by atoms with van der Waals surface area (Å²) in [5.74, 6) is -0.0290. The lowest BCUT2D eigenvalue weighted by molar-refractivity contribution is -0.139. The van der Waals surface area contributed by atoms with E-state index in [-0.39, 0.29) is 0 Å². The Kier molecular flexibility index (Phi) is 6.63. The Balaban J connectivity index is 1.75. The van der Waals surface area contributed by atoms with Crippen LogP contribution in [0.1, 0.15) is 24.5 Å². The summed E-state index contributed by atoms with van der Waals surface area (Å²) in [6.07, 6.45) is 1.96. The van der Waals surface area contributed by atoms with E-state index in [1.807, 2.05) is 42.5 Å². The molecule has 2 N–H and O–H groups in total. The Bertz CT molecular complexity index is 613. The molecule has 122 valence electrons. The van der Waals surface area contributed by atoms with Gasteiger partial charge in [0.05, 0.1) is 6.61 Å². The summed E-state index contributed by atoms with van der Waals surface area (Å²) in [6.45, 7) is 2.80. The Labute approximate surface area is 137 Å². The Morgan fingerprint density at radius 3 is 2.61 bits per heavy atom. The van der Waals surface area contributed by atoms with Crippen molar-refractivity contribution in [3.8, 4) is 5.75 Å². The molecule has 0 spiro atoms. The number of carboxylic acids is 1. The average Bonchev–Trinajstić information content (AvgIpc) is 2.58. The van der Waals surface area contributed by atoms with Gasteiger partial charge in [-0.3, -0.25) is 4.79 Å². The van der Waals surface area contributed by atoms with Crippen LogP contribution in [0.4, 0.5) is 0 Å². The lowest BCUT2D eigenvalue weighted by Gasteiger charge is -2.11. The summed E-state index contributed by atoms with van der Waals surface area (Å²) >= 11 is 0. The van der Waals surface area contributed by atoms with Gasteiger partial charge in [-0.05, 0) is 43.0 Å². The Morgan fingerprint density at radius 2 is 1.87 bits per heavy atom. The largest absolute Gasteiger partial charge is 0.494 e. The molecule has 2 aromatic rings. The summed E-state index contributed by atoms with van der Waals surface area (Å²) in [5.41, 5.74) is 2.33. The molecule has 0 saturated carbocycles. The maximum absolute atomic E-state index is 10.8. The number of aryl methyl sites for hydroxylation is 1. The third-order valence-corrected chi connectivity index (χ3v) is 3.60. The van der Waals surface area contributed by atoms with Gasteiger partial charge in [0.25, 0.3) is 0 Å². The molecule has 0 unspecified atom stereocenters. The van der Waals surface area contributed by atoms with Crippen molar-refractivity contribution in [3.63, 3.8) is 0 Å². The van der Waals surface area contributed by atoms with Crippen LogP contribution in [0.3, 0.4) is 0 Å². The molecule has 0 aliphatic heterocycles. The van der Waals surface area contributed by atoms with Gasteiger partial charge in [0.15, 0.2) is 0 Å². The van der Waals surface area contributed by atoms with Crippen molar-refractivity contribution in [1.82, 2.24) is 5.32 Å². The monoisotopic (exact) mass is 313 g/mol. The van der Waals surface area contributed by atoms with Crippen LogP contribution in [-0.4, -0.2) is 23.7 Å². The van der Waals surface area contributed by atoms with Gasteiger partial charge in [-0.15, -0.1) is 0 Å². The molecule has 4 heteroatoms. The molecule has 23 heavy (non-hydrogen) atoms. The molecule has 0 amide bonds. The van der Waals surface area contributed by atoms with E-state index in [1.54, 1.807) is 6.92 Å². The van der Waals surface area contributed by atoms with Crippen molar-refractivity contribution in [3.05, 3.63) is 65.7 Å². The van der Waals surface area contributed by atoms with E-state index in [4.69, 9.17) is 9.84 Å². The van der Waals surface area contributed by atoms with Crippen LogP contribution < -0.4 is 10.1 Å². The zero-order valence-electron chi connectivity index (χ0n) is 13.4. The van der Waals surface area contributed by atoms with Crippen molar-refractivity contribution in [1.29, 1.82) is 0 Å². The predicted molar refractivity (Wildman–Crippen MR) is 90.6 cm³/mol. The summed E-state index contributed by atoms with van der Waals surface area (Å²) in [7, 11) is 0. The van der Waals surface area contributed by atoms with E-state index in [2.05, 4.69) is 17.4 Å². The lowest BCUT2D eigenvalue weighted by atomic mass is 10.1.